The number of ketones is 1. The highest BCUT2D eigenvalue weighted by Crippen LogP contribution is 2.09. The van der Waals surface area contributed by atoms with Crippen molar-refractivity contribution in [3.8, 4) is 12.3 Å². The largest absolute Gasteiger partial charge is 0.399 e. The molecule has 0 heterocycles. The predicted octanol–water partition coefficient (Wildman–Crippen LogP) is 2.26. The van der Waals surface area contributed by atoms with E-state index >= 15 is 0 Å². The average Bonchev–Trinajstić information content (AvgIpc) is 2.19. The minimum atomic E-state index is 0.125. The Labute approximate surface area is 84.1 Å². The summed E-state index contributed by atoms with van der Waals surface area (Å²) in [6.07, 6.45) is 7.01. The molecule has 0 aliphatic rings. The van der Waals surface area contributed by atoms with Crippen molar-refractivity contribution >= 4 is 11.5 Å². The molecule has 0 saturated heterocycles. The van der Waals surface area contributed by atoms with Gasteiger partial charge in [-0.05, 0) is 30.7 Å². The number of terminal acetylenes is 1. The molecule has 0 amide bonds. The van der Waals surface area contributed by atoms with Gasteiger partial charge in [0, 0.05) is 24.1 Å². The molecule has 0 fully saturated rings. The minimum absolute atomic E-state index is 0.125. The Kier molecular flexibility index (Phi) is 3.75. The summed E-state index contributed by atoms with van der Waals surface area (Å²) in [5, 5.41) is 0. The number of nitrogens with two attached hydrogens (primary N) is 1. The summed E-state index contributed by atoms with van der Waals surface area (Å²) in [5.74, 6) is 2.64. The van der Waals surface area contributed by atoms with Crippen molar-refractivity contribution in [2.45, 2.75) is 19.3 Å². The fourth-order valence-electron chi connectivity index (χ4n) is 1.16. The van der Waals surface area contributed by atoms with Crippen molar-refractivity contribution in [1.29, 1.82) is 0 Å². The third-order valence-corrected chi connectivity index (χ3v) is 1.96. The first kappa shape index (κ1) is 10.3. The zero-order valence-corrected chi connectivity index (χ0v) is 7.99. The molecule has 2 heteroatoms. The number of hydrogen-bond donors (Lipinski definition) is 1. The topological polar surface area (TPSA) is 43.1 Å². The van der Waals surface area contributed by atoms with Crippen LogP contribution in [0.2, 0.25) is 0 Å². The molecule has 14 heavy (non-hydrogen) atoms. The Morgan fingerprint density at radius 3 is 2.57 bits per heavy atom. The van der Waals surface area contributed by atoms with E-state index in [1.807, 2.05) is 0 Å². The molecule has 2 nitrogen and oxygen atoms in total. The lowest BCUT2D eigenvalue weighted by Gasteiger charge is -1.99. The zero-order chi connectivity index (χ0) is 10.4. The monoisotopic (exact) mass is 187 g/mol. The van der Waals surface area contributed by atoms with E-state index < -0.39 is 0 Å². The molecule has 0 saturated carbocycles. The zero-order valence-electron chi connectivity index (χ0n) is 7.99. The first-order valence-corrected chi connectivity index (χ1v) is 4.56. The molecule has 0 aromatic heterocycles. The number of nitrogen functional groups attached to an aromatic ring is 1. The fourth-order valence-corrected chi connectivity index (χ4v) is 1.16. The van der Waals surface area contributed by atoms with Crippen LogP contribution in [0.25, 0.3) is 0 Å². The number of unbranched alkanes of at least 4 members (excludes halogenated alkanes) is 1. The van der Waals surface area contributed by atoms with Gasteiger partial charge in [-0.3, -0.25) is 4.79 Å². The number of carbonyl (C=O) groups is 1. The van der Waals surface area contributed by atoms with E-state index in [1.165, 1.54) is 0 Å². The standard InChI is InChI=1S/C12H13NO/c1-2-3-4-5-12(14)10-6-8-11(13)9-7-10/h1,6-9H,3-5,13H2. The Hall–Kier alpha value is -1.75. The minimum Gasteiger partial charge on any atom is -0.399 e. The Bertz CT molecular complexity index is 346. The summed E-state index contributed by atoms with van der Waals surface area (Å²) >= 11 is 0. The van der Waals surface area contributed by atoms with E-state index in [9.17, 15) is 4.79 Å². The van der Waals surface area contributed by atoms with Gasteiger partial charge in [0.25, 0.3) is 0 Å². The SMILES string of the molecule is C#CCCCC(=O)c1ccc(N)cc1. The van der Waals surface area contributed by atoms with Crippen LogP contribution in [0.3, 0.4) is 0 Å². The normalized spacial score (nSPS) is 9.36. The number of Topliss-reactive ketones (excluding diaryl/α,β-unsaturated/α-hetero) is 1. The van der Waals surface area contributed by atoms with Gasteiger partial charge in [0.05, 0.1) is 0 Å². The smallest absolute Gasteiger partial charge is 0.162 e. The molecular formula is C12H13NO. The third kappa shape index (κ3) is 2.95. The van der Waals surface area contributed by atoms with Gasteiger partial charge < -0.3 is 5.73 Å². The van der Waals surface area contributed by atoms with Crippen LogP contribution in [0.4, 0.5) is 5.69 Å². The number of hydrogen-bond acceptors (Lipinski definition) is 2. The highest BCUT2D eigenvalue weighted by molar-refractivity contribution is 5.96. The lowest BCUT2D eigenvalue weighted by molar-refractivity contribution is 0.0980. The highest BCUT2D eigenvalue weighted by atomic mass is 16.1. The summed E-state index contributed by atoms with van der Waals surface area (Å²) in [5.41, 5.74) is 6.89. The van der Waals surface area contributed by atoms with Gasteiger partial charge in [-0.25, -0.2) is 0 Å². The van der Waals surface area contributed by atoms with E-state index in [1.54, 1.807) is 24.3 Å². The van der Waals surface area contributed by atoms with E-state index in [2.05, 4.69) is 5.92 Å². The molecule has 1 rings (SSSR count). The second kappa shape index (κ2) is 5.08. The summed E-state index contributed by atoms with van der Waals surface area (Å²) in [7, 11) is 0. The quantitative estimate of drug-likeness (QED) is 0.340. The number of anilines is 1. The van der Waals surface area contributed by atoms with Crippen LogP contribution in [0.5, 0.6) is 0 Å². The van der Waals surface area contributed by atoms with Crippen LogP contribution >= 0.6 is 0 Å². The molecule has 72 valence electrons. The number of carbonyl (C=O) groups excluding carboxylic acids is 1. The van der Waals surface area contributed by atoms with Crippen LogP contribution in [-0.4, -0.2) is 5.78 Å². The van der Waals surface area contributed by atoms with Crippen molar-refractivity contribution < 1.29 is 4.79 Å². The molecule has 0 radical (unpaired) electrons. The van der Waals surface area contributed by atoms with Crippen molar-refractivity contribution in [1.82, 2.24) is 0 Å². The van der Waals surface area contributed by atoms with Crippen molar-refractivity contribution in [2.75, 3.05) is 5.73 Å². The lowest BCUT2D eigenvalue weighted by atomic mass is 10.1. The van der Waals surface area contributed by atoms with Crippen LogP contribution < -0.4 is 5.73 Å². The van der Waals surface area contributed by atoms with Gasteiger partial charge in [0.2, 0.25) is 0 Å². The van der Waals surface area contributed by atoms with Gasteiger partial charge in [-0.15, -0.1) is 12.3 Å². The molecule has 2 N–H and O–H groups in total. The van der Waals surface area contributed by atoms with Gasteiger partial charge in [-0.1, -0.05) is 0 Å². The molecule has 1 aromatic carbocycles. The van der Waals surface area contributed by atoms with Gasteiger partial charge in [0.15, 0.2) is 5.78 Å². The molecule has 1 aromatic rings. The average molecular weight is 187 g/mol. The van der Waals surface area contributed by atoms with Crippen molar-refractivity contribution in [3.05, 3.63) is 29.8 Å². The summed E-state index contributed by atoms with van der Waals surface area (Å²) in [6.45, 7) is 0. The number of rotatable bonds is 4. The number of benzene rings is 1. The van der Waals surface area contributed by atoms with Gasteiger partial charge in [0.1, 0.15) is 0 Å². The molecule has 0 aliphatic heterocycles. The second-order valence-electron chi connectivity index (χ2n) is 3.10. The first-order valence-electron chi connectivity index (χ1n) is 4.56. The Morgan fingerprint density at radius 2 is 2.00 bits per heavy atom. The third-order valence-electron chi connectivity index (χ3n) is 1.96. The molecular weight excluding hydrogens is 174 g/mol. The van der Waals surface area contributed by atoms with Crippen molar-refractivity contribution in [3.63, 3.8) is 0 Å². The predicted molar refractivity (Wildman–Crippen MR) is 57.9 cm³/mol. The highest BCUT2D eigenvalue weighted by Gasteiger charge is 2.03. The van der Waals surface area contributed by atoms with Crippen LogP contribution in [-0.2, 0) is 0 Å². The van der Waals surface area contributed by atoms with E-state index in [0.717, 1.165) is 6.42 Å². The van der Waals surface area contributed by atoms with Crippen LogP contribution in [0, 0.1) is 12.3 Å². The maximum atomic E-state index is 11.5. The Morgan fingerprint density at radius 1 is 1.36 bits per heavy atom. The van der Waals surface area contributed by atoms with Crippen molar-refractivity contribution in [2.24, 2.45) is 0 Å². The first-order chi connectivity index (χ1) is 6.74. The Balaban J connectivity index is 2.53. The van der Waals surface area contributed by atoms with E-state index in [-0.39, 0.29) is 5.78 Å². The summed E-state index contributed by atoms with van der Waals surface area (Å²) in [4.78, 5) is 11.5. The van der Waals surface area contributed by atoms with Crippen LogP contribution in [0.15, 0.2) is 24.3 Å². The summed E-state index contributed by atoms with van der Waals surface area (Å²) in [6, 6.07) is 6.95. The maximum absolute atomic E-state index is 11.5. The molecule has 0 bridgehead atoms. The van der Waals surface area contributed by atoms with Gasteiger partial charge >= 0.3 is 0 Å². The molecule has 0 atom stereocenters. The van der Waals surface area contributed by atoms with Gasteiger partial charge in [-0.2, -0.15) is 0 Å². The fraction of sp³-hybridized carbons (Fsp3) is 0.250. The second-order valence-corrected chi connectivity index (χ2v) is 3.10. The van der Waals surface area contributed by atoms with Crippen LogP contribution in [0.1, 0.15) is 29.6 Å². The van der Waals surface area contributed by atoms with E-state index in [4.69, 9.17) is 12.2 Å². The molecule has 0 unspecified atom stereocenters. The van der Waals surface area contributed by atoms with E-state index in [0.29, 0.717) is 24.1 Å². The molecule has 0 aliphatic carbocycles. The molecule has 0 spiro atoms. The maximum Gasteiger partial charge on any atom is 0.162 e. The summed E-state index contributed by atoms with van der Waals surface area (Å²) < 4.78 is 0. The lowest BCUT2D eigenvalue weighted by Crippen LogP contribution is -1.98.